The number of nitrogens with one attached hydrogen (secondary N) is 1. The molecule has 0 aliphatic heterocycles. The van der Waals surface area contributed by atoms with E-state index in [1.807, 2.05) is 0 Å². The minimum atomic E-state index is -0.411. The molecule has 130 valence electrons. The highest BCUT2D eigenvalue weighted by Crippen LogP contribution is 2.24. The minimum absolute atomic E-state index is 0.170. The standard InChI is InChI=1S/C17H14ClIN2O4/c1-24-17(23)12-4-2-11(3-5-12)9-20-21-16(22)10-25-15-7-6-13(18)8-14(15)19/h2-9H,10H2,1H3,(H,21,22)/b20-9+. The Morgan fingerprint density at radius 2 is 1.96 bits per heavy atom. The fraction of sp³-hybridized carbons (Fsp3) is 0.118. The quantitative estimate of drug-likeness (QED) is 0.303. The Morgan fingerprint density at radius 1 is 1.24 bits per heavy atom. The van der Waals surface area contributed by atoms with E-state index in [9.17, 15) is 9.59 Å². The monoisotopic (exact) mass is 472 g/mol. The molecule has 0 fully saturated rings. The van der Waals surface area contributed by atoms with Crippen LogP contribution in [-0.2, 0) is 9.53 Å². The molecule has 0 aliphatic carbocycles. The molecular weight excluding hydrogens is 459 g/mol. The highest BCUT2D eigenvalue weighted by Gasteiger charge is 2.06. The van der Waals surface area contributed by atoms with Crippen LogP contribution in [0.25, 0.3) is 0 Å². The number of hydrazone groups is 1. The average molecular weight is 473 g/mol. The summed E-state index contributed by atoms with van der Waals surface area (Å²) in [7, 11) is 1.32. The number of carbonyl (C=O) groups excluding carboxylic acids is 2. The molecule has 0 saturated heterocycles. The third kappa shape index (κ3) is 6.02. The van der Waals surface area contributed by atoms with Crippen LogP contribution < -0.4 is 10.2 Å². The van der Waals surface area contributed by atoms with Gasteiger partial charge in [-0.25, -0.2) is 10.2 Å². The molecule has 1 N–H and O–H groups in total. The summed E-state index contributed by atoms with van der Waals surface area (Å²) in [6.45, 7) is -0.170. The van der Waals surface area contributed by atoms with Gasteiger partial charge in [0.25, 0.3) is 5.91 Å². The molecule has 25 heavy (non-hydrogen) atoms. The Hall–Kier alpha value is -2.13. The maximum Gasteiger partial charge on any atom is 0.337 e. The van der Waals surface area contributed by atoms with Gasteiger partial charge in [-0.2, -0.15) is 5.10 Å². The van der Waals surface area contributed by atoms with Crippen molar-refractivity contribution in [2.45, 2.75) is 0 Å². The normalized spacial score (nSPS) is 10.5. The molecule has 0 radical (unpaired) electrons. The number of benzene rings is 2. The van der Waals surface area contributed by atoms with Gasteiger partial charge in [0.1, 0.15) is 5.75 Å². The molecule has 0 aromatic heterocycles. The molecule has 0 aliphatic rings. The van der Waals surface area contributed by atoms with Crippen LogP contribution in [0.1, 0.15) is 15.9 Å². The first-order chi connectivity index (χ1) is 12.0. The van der Waals surface area contributed by atoms with E-state index < -0.39 is 11.9 Å². The molecule has 0 atom stereocenters. The number of nitrogens with zero attached hydrogens (tertiary/aromatic N) is 1. The van der Waals surface area contributed by atoms with Crippen LogP contribution in [0.15, 0.2) is 47.6 Å². The lowest BCUT2D eigenvalue weighted by Crippen LogP contribution is -2.24. The van der Waals surface area contributed by atoms with Crippen molar-refractivity contribution in [2.75, 3.05) is 13.7 Å². The van der Waals surface area contributed by atoms with Crippen LogP contribution in [-0.4, -0.2) is 31.8 Å². The first kappa shape index (κ1) is 19.2. The number of halogens is 2. The van der Waals surface area contributed by atoms with E-state index in [1.165, 1.54) is 13.3 Å². The van der Waals surface area contributed by atoms with Crippen molar-refractivity contribution >= 4 is 52.3 Å². The average Bonchev–Trinajstić information content (AvgIpc) is 2.61. The fourth-order valence-electron chi connectivity index (χ4n) is 1.77. The summed E-state index contributed by atoms with van der Waals surface area (Å²) in [5.74, 6) is -0.235. The van der Waals surface area contributed by atoms with E-state index in [0.717, 1.165) is 9.13 Å². The lowest BCUT2D eigenvalue weighted by atomic mass is 10.1. The van der Waals surface area contributed by atoms with E-state index in [0.29, 0.717) is 16.3 Å². The van der Waals surface area contributed by atoms with Gasteiger partial charge in [0.05, 0.1) is 22.5 Å². The number of methoxy groups -OCH3 is 1. The molecule has 0 unspecified atom stereocenters. The van der Waals surface area contributed by atoms with Crippen LogP contribution in [0.2, 0.25) is 5.02 Å². The molecule has 8 heteroatoms. The van der Waals surface area contributed by atoms with Gasteiger partial charge >= 0.3 is 5.97 Å². The second-order valence-corrected chi connectivity index (χ2v) is 6.37. The zero-order valence-corrected chi connectivity index (χ0v) is 16.1. The van der Waals surface area contributed by atoms with Crippen LogP contribution in [0, 0.1) is 3.57 Å². The Labute approximate surface area is 163 Å². The molecule has 1 amide bonds. The van der Waals surface area contributed by atoms with E-state index in [-0.39, 0.29) is 6.61 Å². The predicted molar refractivity (Wildman–Crippen MR) is 103 cm³/mol. The van der Waals surface area contributed by atoms with Crippen molar-refractivity contribution < 1.29 is 19.1 Å². The maximum absolute atomic E-state index is 11.7. The van der Waals surface area contributed by atoms with Gasteiger partial charge in [0, 0.05) is 5.02 Å². The lowest BCUT2D eigenvalue weighted by Gasteiger charge is -2.07. The largest absolute Gasteiger partial charge is 0.483 e. The Morgan fingerprint density at radius 3 is 2.60 bits per heavy atom. The van der Waals surface area contributed by atoms with Crippen LogP contribution in [0.5, 0.6) is 5.75 Å². The summed E-state index contributed by atoms with van der Waals surface area (Å²) in [5, 5.41) is 4.44. The summed E-state index contributed by atoms with van der Waals surface area (Å²) in [4.78, 5) is 23.1. The van der Waals surface area contributed by atoms with Gasteiger partial charge in [-0.1, -0.05) is 23.7 Å². The van der Waals surface area contributed by atoms with Gasteiger partial charge < -0.3 is 9.47 Å². The van der Waals surface area contributed by atoms with E-state index >= 15 is 0 Å². The lowest BCUT2D eigenvalue weighted by molar-refractivity contribution is -0.123. The summed E-state index contributed by atoms with van der Waals surface area (Å²) in [5.41, 5.74) is 3.53. The van der Waals surface area contributed by atoms with Gasteiger partial charge in [-0.05, 0) is 58.5 Å². The zero-order chi connectivity index (χ0) is 18.2. The van der Waals surface area contributed by atoms with Gasteiger partial charge in [-0.15, -0.1) is 0 Å². The third-order valence-corrected chi connectivity index (χ3v) is 4.07. The number of ether oxygens (including phenoxy) is 2. The van der Waals surface area contributed by atoms with Crippen LogP contribution >= 0.6 is 34.2 Å². The highest BCUT2D eigenvalue weighted by molar-refractivity contribution is 14.1. The first-order valence-corrected chi connectivity index (χ1v) is 8.53. The Balaban J connectivity index is 1.83. The molecule has 0 bridgehead atoms. The second-order valence-electron chi connectivity index (χ2n) is 4.77. The zero-order valence-electron chi connectivity index (χ0n) is 13.2. The molecule has 2 rings (SSSR count). The minimum Gasteiger partial charge on any atom is -0.483 e. The van der Waals surface area contributed by atoms with Crippen molar-refractivity contribution in [1.82, 2.24) is 5.43 Å². The summed E-state index contributed by atoms with van der Waals surface area (Å²) < 4.78 is 10.8. The molecule has 0 saturated carbocycles. The van der Waals surface area contributed by atoms with Crippen LogP contribution in [0.4, 0.5) is 0 Å². The summed E-state index contributed by atoms with van der Waals surface area (Å²) in [6.07, 6.45) is 1.46. The Kier molecular flexibility index (Phi) is 7.20. The first-order valence-electron chi connectivity index (χ1n) is 7.07. The molecule has 6 nitrogen and oxygen atoms in total. The maximum atomic E-state index is 11.7. The number of rotatable bonds is 6. The number of esters is 1. The number of carbonyl (C=O) groups is 2. The summed E-state index contributed by atoms with van der Waals surface area (Å²) in [6, 6.07) is 11.7. The third-order valence-electron chi connectivity index (χ3n) is 2.99. The summed E-state index contributed by atoms with van der Waals surface area (Å²) >= 11 is 7.93. The van der Waals surface area contributed by atoms with E-state index in [2.05, 4.69) is 37.9 Å². The van der Waals surface area contributed by atoms with Crippen LogP contribution in [0.3, 0.4) is 0 Å². The fourth-order valence-corrected chi connectivity index (χ4v) is 2.80. The van der Waals surface area contributed by atoms with Crippen molar-refractivity contribution in [2.24, 2.45) is 5.10 Å². The van der Waals surface area contributed by atoms with E-state index in [1.54, 1.807) is 42.5 Å². The van der Waals surface area contributed by atoms with Crippen molar-refractivity contribution in [3.8, 4) is 5.75 Å². The molecule has 2 aromatic rings. The number of amides is 1. The van der Waals surface area contributed by atoms with Crippen molar-refractivity contribution in [3.63, 3.8) is 0 Å². The predicted octanol–water partition coefficient (Wildman–Crippen LogP) is 3.26. The number of hydrogen-bond acceptors (Lipinski definition) is 5. The molecule has 0 spiro atoms. The van der Waals surface area contributed by atoms with Crippen molar-refractivity contribution in [3.05, 3.63) is 62.2 Å². The molecular formula is C17H14ClIN2O4. The van der Waals surface area contributed by atoms with Gasteiger partial charge in [-0.3, -0.25) is 4.79 Å². The molecule has 0 heterocycles. The molecule has 2 aromatic carbocycles. The SMILES string of the molecule is COC(=O)c1ccc(/C=N/NC(=O)COc2ccc(Cl)cc2I)cc1. The highest BCUT2D eigenvalue weighted by atomic mass is 127. The second kappa shape index (κ2) is 9.38. The van der Waals surface area contributed by atoms with E-state index in [4.69, 9.17) is 16.3 Å². The Bertz CT molecular complexity index is 794. The smallest absolute Gasteiger partial charge is 0.337 e. The van der Waals surface area contributed by atoms with Gasteiger partial charge in [0.15, 0.2) is 6.61 Å². The topological polar surface area (TPSA) is 77.0 Å². The van der Waals surface area contributed by atoms with Gasteiger partial charge in [0.2, 0.25) is 0 Å². The van der Waals surface area contributed by atoms with Crippen molar-refractivity contribution in [1.29, 1.82) is 0 Å². The number of hydrogen-bond donors (Lipinski definition) is 1.